The molecule has 1 unspecified atom stereocenters. The van der Waals surface area contributed by atoms with Gasteiger partial charge in [0, 0.05) is 31.0 Å². The SMILES string of the molecule is CC(C)Oc1cccc(C2/C(=C(/O)c3ccc4c(c3)OCO4)C(=O)C(=O)N2c2ccc(N(C)C)cc2)c1. The number of benzene rings is 3. The molecule has 0 bridgehead atoms. The lowest BCUT2D eigenvalue weighted by atomic mass is 9.94. The van der Waals surface area contributed by atoms with Crippen molar-refractivity contribution in [3.05, 3.63) is 83.4 Å². The first-order valence-electron chi connectivity index (χ1n) is 12.0. The van der Waals surface area contributed by atoms with E-state index in [0.29, 0.717) is 34.1 Å². The number of carbonyl (C=O) groups excluding carboxylic acids is 2. The number of hydrogen-bond donors (Lipinski definition) is 1. The van der Waals surface area contributed by atoms with E-state index in [2.05, 4.69) is 0 Å². The first-order chi connectivity index (χ1) is 17.7. The molecule has 0 saturated carbocycles. The minimum atomic E-state index is -0.869. The van der Waals surface area contributed by atoms with E-state index in [9.17, 15) is 14.7 Å². The van der Waals surface area contributed by atoms with Gasteiger partial charge in [-0.05, 0) is 74.0 Å². The smallest absolute Gasteiger partial charge is 0.300 e. The van der Waals surface area contributed by atoms with E-state index in [1.807, 2.05) is 63.2 Å². The van der Waals surface area contributed by atoms with Crippen LogP contribution in [0.4, 0.5) is 11.4 Å². The summed E-state index contributed by atoms with van der Waals surface area (Å²) in [5.41, 5.74) is 2.46. The predicted molar refractivity (Wildman–Crippen MR) is 140 cm³/mol. The summed E-state index contributed by atoms with van der Waals surface area (Å²) in [4.78, 5) is 30.3. The Kier molecular flexibility index (Phi) is 6.25. The predicted octanol–water partition coefficient (Wildman–Crippen LogP) is 4.89. The van der Waals surface area contributed by atoms with E-state index in [-0.39, 0.29) is 24.2 Å². The Morgan fingerprint density at radius 2 is 1.73 bits per heavy atom. The van der Waals surface area contributed by atoms with E-state index in [0.717, 1.165) is 5.69 Å². The van der Waals surface area contributed by atoms with Gasteiger partial charge < -0.3 is 24.2 Å². The third kappa shape index (κ3) is 4.46. The molecule has 1 N–H and O–H groups in total. The molecular formula is C29H28N2O6. The molecule has 1 saturated heterocycles. The number of carbonyl (C=O) groups is 2. The summed E-state index contributed by atoms with van der Waals surface area (Å²) in [7, 11) is 3.85. The van der Waals surface area contributed by atoms with Gasteiger partial charge in [-0.3, -0.25) is 14.5 Å². The highest BCUT2D eigenvalue weighted by Gasteiger charge is 2.47. The fourth-order valence-electron chi connectivity index (χ4n) is 4.56. The quantitative estimate of drug-likeness (QED) is 0.293. The van der Waals surface area contributed by atoms with Gasteiger partial charge in [-0.25, -0.2) is 0 Å². The lowest BCUT2D eigenvalue weighted by Crippen LogP contribution is -2.29. The molecule has 1 fully saturated rings. The molecule has 1 amide bonds. The number of aliphatic hydroxyl groups excluding tert-OH is 1. The Morgan fingerprint density at radius 1 is 1.00 bits per heavy atom. The number of Topliss-reactive ketones (excluding diaryl/α,β-unsaturated/α-hetero) is 1. The zero-order chi connectivity index (χ0) is 26.3. The zero-order valence-corrected chi connectivity index (χ0v) is 21.1. The summed E-state index contributed by atoms with van der Waals surface area (Å²) in [6, 6.07) is 18.6. The van der Waals surface area contributed by atoms with Crippen LogP contribution in [0.1, 0.15) is 31.0 Å². The van der Waals surface area contributed by atoms with Crippen molar-refractivity contribution in [2.24, 2.45) is 0 Å². The van der Waals surface area contributed by atoms with Crippen molar-refractivity contribution in [2.75, 3.05) is 30.7 Å². The number of fused-ring (bicyclic) bond motifs is 1. The molecule has 0 radical (unpaired) electrons. The number of hydrogen-bond acceptors (Lipinski definition) is 7. The van der Waals surface area contributed by atoms with Gasteiger partial charge in [0.05, 0.1) is 17.7 Å². The maximum absolute atomic E-state index is 13.5. The maximum atomic E-state index is 13.5. The fraction of sp³-hybridized carbons (Fsp3) is 0.241. The summed E-state index contributed by atoms with van der Waals surface area (Å²) in [5, 5.41) is 11.4. The number of aliphatic hydroxyl groups is 1. The van der Waals surface area contributed by atoms with Crippen molar-refractivity contribution in [1.82, 2.24) is 0 Å². The minimum Gasteiger partial charge on any atom is -0.507 e. The van der Waals surface area contributed by atoms with E-state index in [4.69, 9.17) is 14.2 Å². The molecule has 37 heavy (non-hydrogen) atoms. The van der Waals surface area contributed by atoms with Crippen LogP contribution in [0.2, 0.25) is 0 Å². The molecule has 0 aromatic heterocycles. The second-order valence-corrected chi connectivity index (χ2v) is 9.39. The van der Waals surface area contributed by atoms with E-state index in [1.165, 1.54) is 4.90 Å². The lowest BCUT2D eigenvalue weighted by molar-refractivity contribution is -0.132. The van der Waals surface area contributed by atoms with E-state index in [1.54, 1.807) is 36.4 Å². The summed E-state index contributed by atoms with van der Waals surface area (Å²) in [6.45, 7) is 3.92. The Morgan fingerprint density at radius 3 is 2.43 bits per heavy atom. The van der Waals surface area contributed by atoms with Crippen LogP contribution in [-0.4, -0.2) is 43.8 Å². The first-order valence-corrected chi connectivity index (χ1v) is 12.0. The number of amides is 1. The van der Waals surface area contributed by atoms with Gasteiger partial charge in [0.25, 0.3) is 11.7 Å². The van der Waals surface area contributed by atoms with Crippen LogP contribution in [-0.2, 0) is 9.59 Å². The van der Waals surface area contributed by atoms with Crippen molar-refractivity contribution < 1.29 is 28.9 Å². The largest absolute Gasteiger partial charge is 0.507 e. The highest BCUT2D eigenvalue weighted by molar-refractivity contribution is 6.51. The van der Waals surface area contributed by atoms with Gasteiger partial charge in [0.2, 0.25) is 6.79 Å². The Bertz CT molecular complexity index is 1390. The molecule has 5 rings (SSSR count). The number of rotatable bonds is 6. The summed E-state index contributed by atoms with van der Waals surface area (Å²) < 4.78 is 16.7. The average molecular weight is 501 g/mol. The van der Waals surface area contributed by atoms with Crippen LogP contribution < -0.4 is 24.0 Å². The molecular weight excluding hydrogens is 472 g/mol. The topological polar surface area (TPSA) is 88.5 Å². The second kappa shape index (κ2) is 9.54. The molecule has 8 nitrogen and oxygen atoms in total. The normalized spacial score (nSPS) is 18.0. The van der Waals surface area contributed by atoms with Crippen LogP contribution in [0.5, 0.6) is 17.2 Å². The van der Waals surface area contributed by atoms with Crippen molar-refractivity contribution >= 4 is 28.8 Å². The van der Waals surface area contributed by atoms with Gasteiger partial charge in [-0.1, -0.05) is 12.1 Å². The molecule has 1 atom stereocenters. The number of nitrogens with zero attached hydrogens (tertiary/aromatic N) is 2. The number of ketones is 1. The van der Waals surface area contributed by atoms with Crippen LogP contribution in [0.3, 0.4) is 0 Å². The Hall–Kier alpha value is -4.46. The Labute approximate surface area is 215 Å². The maximum Gasteiger partial charge on any atom is 0.300 e. The van der Waals surface area contributed by atoms with Crippen molar-refractivity contribution in [2.45, 2.75) is 26.0 Å². The molecule has 2 aliphatic rings. The third-order valence-electron chi connectivity index (χ3n) is 6.28. The number of anilines is 2. The molecule has 0 aliphatic carbocycles. The molecule has 0 spiro atoms. The summed E-state index contributed by atoms with van der Waals surface area (Å²) in [6.07, 6.45) is -0.0613. The van der Waals surface area contributed by atoms with Gasteiger partial charge >= 0.3 is 0 Å². The van der Waals surface area contributed by atoms with Crippen LogP contribution in [0.25, 0.3) is 5.76 Å². The molecule has 2 heterocycles. The van der Waals surface area contributed by atoms with Gasteiger partial charge in [0.15, 0.2) is 11.5 Å². The van der Waals surface area contributed by atoms with E-state index >= 15 is 0 Å². The monoisotopic (exact) mass is 500 g/mol. The molecule has 8 heteroatoms. The van der Waals surface area contributed by atoms with Crippen molar-refractivity contribution in [1.29, 1.82) is 0 Å². The number of ether oxygens (including phenoxy) is 3. The van der Waals surface area contributed by atoms with E-state index < -0.39 is 17.7 Å². The van der Waals surface area contributed by atoms with Crippen molar-refractivity contribution in [3.63, 3.8) is 0 Å². The molecule has 3 aromatic rings. The standard InChI is InChI=1S/C29H28N2O6/c1-17(2)37-22-7-5-6-18(14-22)26-25(27(32)19-8-13-23-24(15-19)36-16-35-23)28(33)29(34)31(26)21-11-9-20(10-12-21)30(3)4/h5-15,17,26,32H,16H2,1-4H3/b27-25-. The summed E-state index contributed by atoms with van der Waals surface area (Å²) in [5.74, 6) is -0.171. The Balaban J connectivity index is 1.67. The van der Waals surface area contributed by atoms with Crippen molar-refractivity contribution in [3.8, 4) is 17.2 Å². The van der Waals surface area contributed by atoms with Gasteiger partial charge in [-0.15, -0.1) is 0 Å². The summed E-state index contributed by atoms with van der Waals surface area (Å²) >= 11 is 0. The van der Waals surface area contributed by atoms with Crippen LogP contribution in [0, 0.1) is 0 Å². The molecule has 190 valence electrons. The second-order valence-electron chi connectivity index (χ2n) is 9.39. The fourth-order valence-corrected chi connectivity index (χ4v) is 4.56. The van der Waals surface area contributed by atoms with Crippen LogP contribution >= 0.6 is 0 Å². The minimum absolute atomic E-state index is 0.0118. The average Bonchev–Trinajstić information content (AvgIpc) is 3.45. The highest BCUT2D eigenvalue weighted by Crippen LogP contribution is 2.44. The third-order valence-corrected chi connectivity index (χ3v) is 6.28. The highest BCUT2D eigenvalue weighted by atomic mass is 16.7. The molecule has 3 aromatic carbocycles. The van der Waals surface area contributed by atoms with Gasteiger partial charge in [0.1, 0.15) is 11.5 Å². The lowest BCUT2D eigenvalue weighted by Gasteiger charge is -2.26. The first kappa shape index (κ1) is 24.2. The molecule has 2 aliphatic heterocycles. The van der Waals surface area contributed by atoms with Crippen LogP contribution in [0.15, 0.2) is 72.3 Å². The zero-order valence-electron chi connectivity index (χ0n) is 21.1. The van der Waals surface area contributed by atoms with Gasteiger partial charge in [-0.2, -0.15) is 0 Å².